The Morgan fingerprint density at radius 3 is 2.67 bits per heavy atom. The van der Waals surface area contributed by atoms with Gasteiger partial charge >= 0.3 is 5.69 Å². The van der Waals surface area contributed by atoms with Gasteiger partial charge in [0.1, 0.15) is 5.82 Å². The number of halogens is 2. The molecule has 0 amide bonds. The highest BCUT2D eigenvalue weighted by Gasteiger charge is 2.09. The molecule has 0 N–H and O–H groups in total. The molecule has 1 aromatic carbocycles. The van der Waals surface area contributed by atoms with E-state index in [1.165, 1.54) is 19.2 Å². The van der Waals surface area contributed by atoms with Crippen LogP contribution in [0.1, 0.15) is 0 Å². The van der Waals surface area contributed by atoms with Gasteiger partial charge in [-0.15, -0.1) is 0 Å². The summed E-state index contributed by atoms with van der Waals surface area (Å²) in [6, 6.07) is 3.68. The van der Waals surface area contributed by atoms with Crippen molar-refractivity contribution in [3.05, 3.63) is 44.9 Å². The van der Waals surface area contributed by atoms with Crippen LogP contribution in [0.15, 0.2) is 27.8 Å². The Morgan fingerprint density at radius 1 is 1.33 bits per heavy atom. The van der Waals surface area contributed by atoms with Gasteiger partial charge in [0.2, 0.25) is 0 Å². The maximum absolute atomic E-state index is 12.9. The van der Waals surface area contributed by atoms with E-state index in [0.29, 0.717) is 5.52 Å². The molecule has 0 aliphatic heterocycles. The van der Waals surface area contributed by atoms with Crippen LogP contribution in [0.25, 0.3) is 10.9 Å². The molecule has 6 heteroatoms. The molecule has 0 saturated carbocycles. The quantitative estimate of drug-likeness (QED) is 0.718. The lowest BCUT2D eigenvalue weighted by Crippen LogP contribution is -2.35. The van der Waals surface area contributed by atoms with Crippen LogP contribution in [0.4, 0.5) is 4.39 Å². The van der Waals surface area contributed by atoms with Crippen molar-refractivity contribution in [2.24, 2.45) is 7.05 Å². The van der Waals surface area contributed by atoms with Gasteiger partial charge in [-0.1, -0.05) is 0 Å². The molecule has 0 bridgehead atoms. The zero-order valence-corrected chi connectivity index (χ0v) is 9.28. The molecule has 0 radical (unpaired) electrons. The average Bonchev–Trinajstić information content (AvgIpc) is 2.23. The highest BCUT2D eigenvalue weighted by molar-refractivity contribution is 9.08. The molecule has 0 aliphatic rings. The first-order chi connectivity index (χ1) is 7.02. The van der Waals surface area contributed by atoms with Gasteiger partial charge in [0.25, 0.3) is 5.56 Å². The Balaban J connectivity index is 3.15. The number of nitrogens with zero attached hydrogens (tertiary/aromatic N) is 2. The summed E-state index contributed by atoms with van der Waals surface area (Å²) in [5.74, 6) is -0.509. The normalized spacial score (nSPS) is 10.9. The summed E-state index contributed by atoms with van der Waals surface area (Å²) in [4.78, 5) is 23.1. The van der Waals surface area contributed by atoms with Gasteiger partial charge < -0.3 is 0 Å². The van der Waals surface area contributed by atoms with Crippen LogP contribution in [0, 0.1) is 5.82 Å². The maximum Gasteiger partial charge on any atom is 0.341 e. The van der Waals surface area contributed by atoms with Crippen LogP contribution in [-0.2, 0) is 7.05 Å². The van der Waals surface area contributed by atoms with Crippen LogP contribution >= 0.6 is 16.1 Å². The summed E-state index contributed by atoms with van der Waals surface area (Å²) in [5, 5.41) is 0.161. The molecule has 0 aliphatic carbocycles. The second kappa shape index (κ2) is 3.30. The van der Waals surface area contributed by atoms with Crippen molar-refractivity contribution in [2.75, 3.05) is 0 Å². The zero-order valence-electron chi connectivity index (χ0n) is 7.70. The van der Waals surface area contributed by atoms with Crippen molar-refractivity contribution in [1.29, 1.82) is 0 Å². The van der Waals surface area contributed by atoms with Crippen LogP contribution in [0.5, 0.6) is 0 Å². The van der Waals surface area contributed by atoms with Gasteiger partial charge in [-0.25, -0.2) is 12.8 Å². The lowest BCUT2D eigenvalue weighted by Gasteiger charge is -2.04. The lowest BCUT2D eigenvalue weighted by atomic mass is 10.2. The molecule has 78 valence electrons. The first-order valence-corrected chi connectivity index (χ1v) is 4.81. The predicted molar refractivity (Wildman–Crippen MR) is 57.7 cm³/mol. The van der Waals surface area contributed by atoms with Crippen molar-refractivity contribution < 1.29 is 4.39 Å². The molecule has 4 nitrogen and oxygen atoms in total. The smallest absolute Gasteiger partial charge is 0.268 e. The van der Waals surface area contributed by atoms with E-state index in [2.05, 4.69) is 16.1 Å². The number of rotatable bonds is 0. The second-order valence-electron chi connectivity index (χ2n) is 3.09. The standard InChI is InChI=1S/C9H6BrFN2O2/c1-12-8(14)6-4-5(11)2-3-7(6)13(10)9(12)15/h2-4H,1H3. The molecule has 2 rings (SSSR count). The third kappa shape index (κ3) is 1.41. The SMILES string of the molecule is Cn1c(=O)c2cc(F)ccc2n(Br)c1=O. The molecule has 0 unspecified atom stereocenters. The Kier molecular flexibility index (Phi) is 2.22. The molecule has 1 aromatic heterocycles. The zero-order chi connectivity index (χ0) is 11.2. The molecule has 15 heavy (non-hydrogen) atoms. The average molecular weight is 273 g/mol. The first kappa shape index (κ1) is 10.1. The Hall–Kier alpha value is -1.43. The van der Waals surface area contributed by atoms with Crippen molar-refractivity contribution >= 4 is 27.1 Å². The van der Waals surface area contributed by atoms with E-state index >= 15 is 0 Å². The van der Waals surface area contributed by atoms with Crippen LogP contribution in [0.2, 0.25) is 0 Å². The van der Waals surface area contributed by atoms with Crippen LogP contribution in [0.3, 0.4) is 0 Å². The van der Waals surface area contributed by atoms with Gasteiger partial charge in [0.15, 0.2) is 0 Å². The Labute approximate surface area is 91.9 Å². The minimum absolute atomic E-state index is 0.161. The highest BCUT2D eigenvalue weighted by Crippen LogP contribution is 2.11. The Morgan fingerprint density at radius 2 is 2.00 bits per heavy atom. The topological polar surface area (TPSA) is 44.0 Å². The Bertz CT molecular complexity index is 659. The summed E-state index contributed by atoms with van der Waals surface area (Å²) in [7, 11) is 1.34. The molecule has 0 fully saturated rings. The fourth-order valence-electron chi connectivity index (χ4n) is 1.35. The lowest BCUT2D eigenvalue weighted by molar-refractivity contribution is 0.629. The third-order valence-corrected chi connectivity index (χ3v) is 2.85. The molecule has 0 spiro atoms. The number of hydrogen-bond donors (Lipinski definition) is 0. The van der Waals surface area contributed by atoms with Gasteiger partial charge in [-0.2, -0.15) is 0 Å². The number of benzene rings is 1. The summed E-state index contributed by atoms with van der Waals surface area (Å²) in [6.07, 6.45) is 0. The van der Waals surface area contributed by atoms with Crippen molar-refractivity contribution in [1.82, 2.24) is 8.16 Å². The molecular formula is C9H6BrFN2O2. The van der Waals surface area contributed by atoms with Gasteiger partial charge in [0, 0.05) is 7.05 Å². The second-order valence-corrected chi connectivity index (χ2v) is 3.80. The molecule has 1 heterocycles. The van der Waals surface area contributed by atoms with E-state index in [9.17, 15) is 14.0 Å². The van der Waals surface area contributed by atoms with E-state index in [4.69, 9.17) is 0 Å². The monoisotopic (exact) mass is 272 g/mol. The molecule has 2 aromatic rings. The van der Waals surface area contributed by atoms with Crippen LogP contribution in [-0.4, -0.2) is 8.16 Å². The highest BCUT2D eigenvalue weighted by atomic mass is 79.9. The number of hydrogen-bond acceptors (Lipinski definition) is 2. The summed E-state index contributed by atoms with van der Waals surface area (Å²) in [5.41, 5.74) is -0.659. The predicted octanol–water partition coefficient (Wildman–Crippen LogP) is 0.997. The minimum atomic E-state index is -0.509. The summed E-state index contributed by atoms with van der Waals surface area (Å²) >= 11 is 3.01. The minimum Gasteiger partial charge on any atom is -0.268 e. The van der Waals surface area contributed by atoms with Gasteiger partial charge in [-0.05, 0) is 18.2 Å². The summed E-state index contributed by atoms with van der Waals surface area (Å²) in [6.45, 7) is 0. The van der Waals surface area contributed by atoms with Gasteiger partial charge in [0.05, 0.1) is 27.1 Å². The van der Waals surface area contributed by atoms with E-state index in [0.717, 1.165) is 14.2 Å². The fourth-order valence-corrected chi connectivity index (χ4v) is 1.90. The third-order valence-electron chi connectivity index (χ3n) is 2.16. The van der Waals surface area contributed by atoms with Crippen molar-refractivity contribution in [2.45, 2.75) is 0 Å². The van der Waals surface area contributed by atoms with Crippen LogP contribution < -0.4 is 11.2 Å². The number of aromatic nitrogens is 2. The van der Waals surface area contributed by atoms with Gasteiger partial charge in [-0.3, -0.25) is 9.36 Å². The maximum atomic E-state index is 12.9. The molecule has 0 atom stereocenters. The molecular weight excluding hydrogens is 267 g/mol. The van der Waals surface area contributed by atoms with E-state index in [1.807, 2.05) is 0 Å². The van der Waals surface area contributed by atoms with E-state index < -0.39 is 17.1 Å². The van der Waals surface area contributed by atoms with Crippen molar-refractivity contribution in [3.63, 3.8) is 0 Å². The summed E-state index contributed by atoms with van der Waals surface area (Å²) < 4.78 is 15.0. The fraction of sp³-hybridized carbons (Fsp3) is 0.111. The van der Waals surface area contributed by atoms with Crippen molar-refractivity contribution in [3.8, 4) is 0 Å². The number of fused-ring (bicyclic) bond motifs is 1. The van der Waals surface area contributed by atoms with E-state index in [1.54, 1.807) is 0 Å². The molecule has 0 saturated heterocycles. The first-order valence-electron chi connectivity index (χ1n) is 4.10. The largest absolute Gasteiger partial charge is 0.341 e. The van der Waals surface area contributed by atoms with E-state index in [-0.39, 0.29) is 5.39 Å².